The summed E-state index contributed by atoms with van der Waals surface area (Å²) in [6, 6.07) is 0. The van der Waals surface area contributed by atoms with Crippen LogP contribution in [0.1, 0.15) is 6.42 Å². The van der Waals surface area contributed by atoms with E-state index in [-0.39, 0.29) is 13.2 Å². The lowest BCUT2D eigenvalue weighted by molar-refractivity contribution is 0.0650. The molecule has 0 spiro atoms. The van der Waals surface area contributed by atoms with E-state index in [1.807, 2.05) is 0 Å². The van der Waals surface area contributed by atoms with Crippen molar-refractivity contribution in [1.29, 1.82) is 0 Å². The standard InChI is InChI=1S/C4H11NO.C4H10O3/c1-6-4-2-3-5;5-1-3-7-4-2-6/h2-5H2,1H3;5-6H,1-4H2. The third-order valence-corrected chi connectivity index (χ3v) is 1.02. The predicted octanol–water partition coefficient (Wildman–Crippen LogP) is -1.03. The van der Waals surface area contributed by atoms with Crippen LogP contribution in [-0.2, 0) is 9.47 Å². The van der Waals surface area contributed by atoms with Gasteiger partial charge in [0.1, 0.15) is 0 Å². The van der Waals surface area contributed by atoms with Gasteiger partial charge in [0, 0.05) is 13.7 Å². The number of hydrogen-bond donors (Lipinski definition) is 3. The summed E-state index contributed by atoms with van der Waals surface area (Å²) in [6.07, 6.45) is 0.969. The van der Waals surface area contributed by atoms with Gasteiger partial charge < -0.3 is 25.4 Å². The van der Waals surface area contributed by atoms with Crippen molar-refractivity contribution in [3.8, 4) is 0 Å². The van der Waals surface area contributed by atoms with Crippen LogP contribution in [0.15, 0.2) is 0 Å². The summed E-state index contributed by atoms with van der Waals surface area (Å²) in [7, 11) is 1.68. The van der Waals surface area contributed by atoms with Crippen LogP contribution in [0.3, 0.4) is 0 Å². The van der Waals surface area contributed by atoms with E-state index in [2.05, 4.69) is 4.74 Å². The summed E-state index contributed by atoms with van der Waals surface area (Å²) >= 11 is 0. The highest BCUT2D eigenvalue weighted by Gasteiger charge is 1.79. The van der Waals surface area contributed by atoms with Gasteiger partial charge in [0.15, 0.2) is 0 Å². The zero-order chi connectivity index (χ0) is 10.4. The van der Waals surface area contributed by atoms with Crippen molar-refractivity contribution in [1.82, 2.24) is 0 Å². The fourth-order valence-electron chi connectivity index (χ4n) is 0.459. The van der Waals surface area contributed by atoms with Crippen LogP contribution in [0.25, 0.3) is 0 Å². The normalized spacial score (nSPS) is 9.23. The number of hydrogen-bond acceptors (Lipinski definition) is 5. The SMILES string of the molecule is COCCCN.OCCOCCO. The molecule has 0 aromatic carbocycles. The second kappa shape index (κ2) is 17.8. The Hall–Kier alpha value is -0.200. The molecule has 4 N–H and O–H groups in total. The molecule has 0 aliphatic rings. The van der Waals surface area contributed by atoms with Crippen molar-refractivity contribution in [2.75, 3.05) is 46.7 Å². The van der Waals surface area contributed by atoms with Gasteiger partial charge in [-0.3, -0.25) is 0 Å². The molecule has 0 heterocycles. The minimum absolute atomic E-state index is 0.0278. The Morgan fingerprint density at radius 1 is 1.08 bits per heavy atom. The van der Waals surface area contributed by atoms with E-state index >= 15 is 0 Å². The number of rotatable bonds is 7. The second-order valence-corrected chi connectivity index (χ2v) is 2.19. The largest absolute Gasteiger partial charge is 0.394 e. The molecule has 0 aliphatic carbocycles. The first-order valence-electron chi connectivity index (χ1n) is 4.31. The topological polar surface area (TPSA) is 84.9 Å². The number of aliphatic hydroxyl groups excluding tert-OH is 2. The first-order valence-corrected chi connectivity index (χ1v) is 4.31. The third-order valence-electron chi connectivity index (χ3n) is 1.02. The molecule has 0 bridgehead atoms. The van der Waals surface area contributed by atoms with Gasteiger partial charge in [-0.2, -0.15) is 0 Å². The zero-order valence-electron chi connectivity index (χ0n) is 8.24. The Kier molecular flexibility index (Phi) is 20.9. The Morgan fingerprint density at radius 2 is 1.62 bits per heavy atom. The van der Waals surface area contributed by atoms with E-state index in [1.54, 1.807) is 7.11 Å². The highest BCUT2D eigenvalue weighted by Crippen LogP contribution is 1.71. The molecule has 0 fully saturated rings. The van der Waals surface area contributed by atoms with E-state index in [1.165, 1.54) is 0 Å². The van der Waals surface area contributed by atoms with E-state index in [0.717, 1.165) is 19.6 Å². The molecular weight excluding hydrogens is 174 g/mol. The number of ether oxygens (including phenoxy) is 2. The number of methoxy groups -OCH3 is 1. The first-order chi connectivity index (χ1) is 6.33. The molecule has 0 aromatic rings. The van der Waals surface area contributed by atoms with Crippen LogP contribution in [0.4, 0.5) is 0 Å². The van der Waals surface area contributed by atoms with Crippen LogP contribution in [0.2, 0.25) is 0 Å². The Bertz CT molecular complexity index is 65.2. The van der Waals surface area contributed by atoms with Crippen LogP contribution >= 0.6 is 0 Å². The second-order valence-electron chi connectivity index (χ2n) is 2.19. The number of nitrogens with two attached hydrogens (primary N) is 1. The molecule has 82 valence electrons. The monoisotopic (exact) mass is 195 g/mol. The lowest BCUT2D eigenvalue weighted by atomic mass is 10.5. The Morgan fingerprint density at radius 3 is 1.85 bits per heavy atom. The lowest BCUT2D eigenvalue weighted by Crippen LogP contribution is -2.03. The minimum Gasteiger partial charge on any atom is -0.394 e. The van der Waals surface area contributed by atoms with Crippen molar-refractivity contribution in [3.63, 3.8) is 0 Å². The Balaban J connectivity index is 0. The van der Waals surface area contributed by atoms with Gasteiger partial charge in [0.25, 0.3) is 0 Å². The molecule has 0 amide bonds. The highest BCUT2D eigenvalue weighted by molar-refractivity contribution is 4.31. The van der Waals surface area contributed by atoms with Crippen molar-refractivity contribution >= 4 is 0 Å². The summed E-state index contributed by atoms with van der Waals surface area (Å²) in [5.74, 6) is 0. The first kappa shape index (κ1) is 15.3. The zero-order valence-corrected chi connectivity index (χ0v) is 8.24. The van der Waals surface area contributed by atoms with Crippen molar-refractivity contribution in [3.05, 3.63) is 0 Å². The molecule has 0 saturated carbocycles. The molecule has 0 radical (unpaired) electrons. The average Bonchev–Trinajstić information content (AvgIpc) is 2.17. The third kappa shape index (κ3) is 24.5. The van der Waals surface area contributed by atoms with E-state index in [9.17, 15) is 0 Å². The maximum absolute atomic E-state index is 8.09. The molecule has 0 aliphatic heterocycles. The summed E-state index contributed by atoms with van der Waals surface area (Å²) in [5, 5.41) is 16.2. The molecule has 0 saturated heterocycles. The molecule has 0 rings (SSSR count). The van der Waals surface area contributed by atoms with E-state index in [0.29, 0.717) is 13.2 Å². The maximum Gasteiger partial charge on any atom is 0.0698 e. The van der Waals surface area contributed by atoms with E-state index < -0.39 is 0 Å². The van der Waals surface area contributed by atoms with Gasteiger partial charge in [-0.25, -0.2) is 0 Å². The summed E-state index contributed by atoms with van der Waals surface area (Å²) in [4.78, 5) is 0. The Labute approximate surface area is 79.5 Å². The van der Waals surface area contributed by atoms with Crippen molar-refractivity contribution in [2.24, 2.45) is 5.73 Å². The minimum atomic E-state index is 0.0278. The lowest BCUT2D eigenvalue weighted by Gasteiger charge is -1.94. The molecule has 5 nitrogen and oxygen atoms in total. The van der Waals surface area contributed by atoms with Crippen molar-refractivity contribution in [2.45, 2.75) is 6.42 Å². The molecular formula is C8H21NO4. The summed E-state index contributed by atoms with van der Waals surface area (Å²) < 4.78 is 9.33. The van der Waals surface area contributed by atoms with Crippen LogP contribution in [0.5, 0.6) is 0 Å². The molecule has 0 unspecified atom stereocenters. The predicted molar refractivity (Wildman–Crippen MR) is 50.5 cm³/mol. The fraction of sp³-hybridized carbons (Fsp3) is 1.00. The summed E-state index contributed by atoms with van der Waals surface area (Å²) in [6.45, 7) is 2.21. The smallest absolute Gasteiger partial charge is 0.0698 e. The fourth-order valence-corrected chi connectivity index (χ4v) is 0.459. The van der Waals surface area contributed by atoms with Crippen LogP contribution in [0, 0.1) is 0 Å². The van der Waals surface area contributed by atoms with Gasteiger partial charge in [-0.1, -0.05) is 0 Å². The summed E-state index contributed by atoms with van der Waals surface area (Å²) in [5.41, 5.74) is 5.13. The maximum atomic E-state index is 8.09. The highest BCUT2D eigenvalue weighted by atomic mass is 16.5. The molecule has 0 atom stereocenters. The van der Waals surface area contributed by atoms with Gasteiger partial charge in [-0.05, 0) is 13.0 Å². The molecule has 0 aromatic heterocycles. The quantitative estimate of drug-likeness (QED) is 0.452. The van der Waals surface area contributed by atoms with Crippen molar-refractivity contribution < 1.29 is 19.7 Å². The van der Waals surface area contributed by atoms with Gasteiger partial charge >= 0.3 is 0 Å². The van der Waals surface area contributed by atoms with Gasteiger partial charge in [0.2, 0.25) is 0 Å². The van der Waals surface area contributed by atoms with Crippen LogP contribution < -0.4 is 5.73 Å². The van der Waals surface area contributed by atoms with Gasteiger partial charge in [0.05, 0.1) is 26.4 Å². The van der Waals surface area contributed by atoms with Crippen LogP contribution in [-0.4, -0.2) is 56.9 Å². The average molecular weight is 195 g/mol. The van der Waals surface area contributed by atoms with E-state index in [4.69, 9.17) is 20.7 Å². The molecule has 5 heteroatoms. The molecule has 13 heavy (non-hydrogen) atoms. The van der Waals surface area contributed by atoms with Gasteiger partial charge in [-0.15, -0.1) is 0 Å². The number of aliphatic hydroxyl groups is 2.